The molecule has 3 rings (SSSR count). The molecule has 0 saturated carbocycles. The molecule has 0 unspecified atom stereocenters. The predicted octanol–water partition coefficient (Wildman–Crippen LogP) is 3.22. The van der Waals surface area contributed by atoms with E-state index in [2.05, 4.69) is 41.0 Å². The lowest BCUT2D eigenvalue weighted by atomic mass is 10.1. The third-order valence-electron chi connectivity index (χ3n) is 5.22. The average Bonchev–Trinajstić information content (AvgIpc) is 2.74. The Morgan fingerprint density at radius 1 is 1.14 bits per heavy atom. The number of aliphatic hydroxyl groups is 1. The van der Waals surface area contributed by atoms with Crippen LogP contribution in [0.1, 0.15) is 11.1 Å². The summed E-state index contributed by atoms with van der Waals surface area (Å²) in [6.45, 7) is 9.18. The summed E-state index contributed by atoms with van der Waals surface area (Å²) in [5.41, 5.74) is 2.57. The summed E-state index contributed by atoms with van der Waals surface area (Å²) in [7, 11) is 0. The number of benzene rings is 2. The van der Waals surface area contributed by atoms with Crippen molar-refractivity contribution in [1.82, 2.24) is 9.80 Å². The van der Waals surface area contributed by atoms with Crippen molar-refractivity contribution in [3.63, 3.8) is 0 Å². The SMILES string of the molecule is Cc1ccccc1CN(CCN1CCOCC1)C[C@H](O)COc1ccc(Cl)cc1. The van der Waals surface area contributed by atoms with Gasteiger partial charge in [0.2, 0.25) is 0 Å². The average molecular weight is 419 g/mol. The van der Waals surface area contributed by atoms with Crippen molar-refractivity contribution in [2.45, 2.75) is 19.6 Å². The quantitative estimate of drug-likeness (QED) is 0.641. The lowest BCUT2D eigenvalue weighted by Gasteiger charge is -2.31. The van der Waals surface area contributed by atoms with Gasteiger partial charge in [0.1, 0.15) is 18.5 Å². The highest BCUT2D eigenvalue weighted by Gasteiger charge is 2.17. The molecule has 29 heavy (non-hydrogen) atoms. The smallest absolute Gasteiger partial charge is 0.119 e. The van der Waals surface area contributed by atoms with Crippen LogP contribution in [0.2, 0.25) is 5.02 Å². The first-order valence-corrected chi connectivity index (χ1v) is 10.6. The Labute approximate surface area is 178 Å². The second-order valence-electron chi connectivity index (χ2n) is 7.53. The Balaban J connectivity index is 1.55. The second-order valence-corrected chi connectivity index (χ2v) is 7.97. The molecule has 2 aromatic rings. The number of halogens is 1. The van der Waals surface area contributed by atoms with E-state index >= 15 is 0 Å². The van der Waals surface area contributed by atoms with Gasteiger partial charge in [-0.2, -0.15) is 0 Å². The van der Waals surface area contributed by atoms with Gasteiger partial charge in [-0.1, -0.05) is 35.9 Å². The summed E-state index contributed by atoms with van der Waals surface area (Å²) in [5, 5.41) is 11.3. The molecule has 1 heterocycles. The maximum Gasteiger partial charge on any atom is 0.119 e. The maximum atomic E-state index is 10.6. The monoisotopic (exact) mass is 418 g/mol. The minimum Gasteiger partial charge on any atom is -0.491 e. The van der Waals surface area contributed by atoms with Crippen LogP contribution in [0.4, 0.5) is 0 Å². The van der Waals surface area contributed by atoms with Crippen molar-refractivity contribution in [3.8, 4) is 5.75 Å². The number of hydrogen-bond donors (Lipinski definition) is 1. The fourth-order valence-electron chi connectivity index (χ4n) is 3.44. The van der Waals surface area contributed by atoms with Gasteiger partial charge in [-0.25, -0.2) is 0 Å². The van der Waals surface area contributed by atoms with Crippen LogP contribution in [-0.4, -0.2) is 73.6 Å². The molecule has 0 bridgehead atoms. The molecule has 1 saturated heterocycles. The predicted molar refractivity (Wildman–Crippen MR) is 117 cm³/mol. The third kappa shape index (κ3) is 7.61. The van der Waals surface area contributed by atoms with Crippen LogP contribution in [0.3, 0.4) is 0 Å². The van der Waals surface area contributed by atoms with Crippen LogP contribution in [0.25, 0.3) is 0 Å². The van der Waals surface area contributed by atoms with Crippen molar-refractivity contribution in [3.05, 3.63) is 64.7 Å². The molecule has 0 aromatic heterocycles. The Bertz CT molecular complexity index is 735. The number of ether oxygens (including phenoxy) is 2. The van der Waals surface area contributed by atoms with E-state index in [0.717, 1.165) is 45.9 Å². The van der Waals surface area contributed by atoms with Crippen LogP contribution < -0.4 is 4.74 Å². The molecule has 0 radical (unpaired) electrons. The van der Waals surface area contributed by atoms with Crippen molar-refractivity contribution < 1.29 is 14.6 Å². The Kier molecular flexibility index (Phi) is 8.77. The molecule has 0 aliphatic carbocycles. The number of morpholine rings is 1. The lowest BCUT2D eigenvalue weighted by Crippen LogP contribution is -2.43. The van der Waals surface area contributed by atoms with Crippen molar-refractivity contribution in [2.24, 2.45) is 0 Å². The number of aliphatic hydroxyl groups excluding tert-OH is 1. The van der Waals surface area contributed by atoms with E-state index in [1.54, 1.807) is 12.1 Å². The summed E-state index contributed by atoms with van der Waals surface area (Å²) < 4.78 is 11.2. The van der Waals surface area contributed by atoms with Gasteiger partial charge in [0.15, 0.2) is 0 Å². The van der Waals surface area contributed by atoms with E-state index in [0.29, 0.717) is 17.3 Å². The van der Waals surface area contributed by atoms with Gasteiger partial charge in [0.25, 0.3) is 0 Å². The maximum absolute atomic E-state index is 10.6. The largest absolute Gasteiger partial charge is 0.491 e. The number of aryl methyl sites for hydroxylation is 1. The Morgan fingerprint density at radius 2 is 1.86 bits per heavy atom. The number of rotatable bonds is 10. The molecule has 1 aliphatic rings. The molecule has 1 fully saturated rings. The third-order valence-corrected chi connectivity index (χ3v) is 5.47. The Morgan fingerprint density at radius 3 is 2.59 bits per heavy atom. The summed E-state index contributed by atoms with van der Waals surface area (Å²) in [6, 6.07) is 15.6. The zero-order valence-corrected chi connectivity index (χ0v) is 17.9. The first kappa shape index (κ1) is 22.1. The molecule has 1 atom stereocenters. The minimum absolute atomic E-state index is 0.253. The van der Waals surface area contributed by atoms with Gasteiger partial charge in [0, 0.05) is 44.3 Å². The molecule has 1 aliphatic heterocycles. The van der Waals surface area contributed by atoms with Gasteiger partial charge in [-0.15, -0.1) is 0 Å². The summed E-state index contributed by atoms with van der Waals surface area (Å²) in [5.74, 6) is 0.715. The highest BCUT2D eigenvalue weighted by Crippen LogP contribution is 2.16. The molecular formula is C23H31ClN2O3. The molecule has 2 aromatic carbocycles. The van der Waals surface area contributed by atoms with Crippen LogP contribution in [-0.2, 0) is 11.3 Å². The normalized spacial score (nSPS) is 16.1. The molecule has 6 heteroatoms. The van der Waals surface area contributed by atoms with E-state index in [9.17, 15) is 5.11 Å². The molecule has 0 amide bonds. The highest BCUT2D eigenvalue weighted by atomic mass is 35.5. The molecule has 1 N–H and O–H groups in total. The van der Waals surface area contributed by atoms with Crippen molar-refractivity contribution in [2.75, 3.05) is 52.5 Å². The van der Waals surface area contributed by atoms with Gasteiger partial charge in [0.05, 0.1) is 13.2 Å². The fraction of sp³-hybridized carbons (Fsp3) is 0.478. The van der Waals surface area contributed by atoms with Crippen molar-refractivity contribution >= 4 is 11.6 Å². The van der Waals surface area contributed by atoms with Crippen LogP contribution in [0, 0.1) is 6.92 Å². The molecule has 158 valence electrons. The summed E-state index contributed by atoms with van der Waals surface area (Å²) >= 11 is 5.91. The molecule has 5 nitrogen and oxygen atoms in total. The van der Waals surface area contributed by atoms with Crippen LogP contribution >= 0.6 is 11.6 Å². The fourth-order valence-corrected chi connectivity index (χ4v) is 3.57. The van der Waals surface area contributed by atoms with Gasteiger partial charge >= 0.3 is 0 Å². The second kappa shape index (κ2) is 11.5. The summed E-state index contributed by atoms with van der Waals surface area (Å²) in [6.07, 6.45) is -0.570. The number of nitrogens with zero attached hydrogens (tertiary/aromatic N) is 2. The van der Waals surface area contributed by atoms with Crippen LogP contribution in [0.5, 0.6) is 5.75 Å². The van der Waals surface area contributed by atoms with E-state index in [-0.39, 0.29) is 6.61 Å². The Hall–Kier alpha value is -1.63. The topological polar surface area (TPSA) is 45.2 Å². The standard InChI is InChI=1S/C23H31ClN2O3/c1-19-4-2-3-5-20(19)16-26(11-10-25-12-14-28-15-13-25)17-22(27)18-29-23-8-6-21(24)7-9-23/h2-9,22,27H,10-18H2,1H3/t22-/m0/s1. The number of hydrogen-bond acceptors (Lipinski definition) is 5. The first-order valence-electron chi connectivity index (χ1n) is 10.2. The van der Waals surface area contributed by atoms with E-state index in [1.807, 2.05) is 12.1 Å². The molecular weight excluding hydrogens is 388 g/mol. The zero-order valence-electron chi connectivity index (χ0n) is 17.1. The molecule has 0 spiro atoms. The van der Waals surface area contributed by atoms with Crippen LogP contribution in [0.15, 0.2) is 48.5 Å². The summed E-state index contributed by atoms with van der Waals surface area (Å²) in [4.78, 5) is 4.73. The van der Waals surface area contributed by atoms with E-state index in [4.69, 9.17) is 21.1 Å². The van der Waals surface area contributed by atoms with E-state index < -0.39 is 6.10 Å². The zero-order chi connectivity index (χ0) is 20.5. The van der Waals surface area contributed by atoms with E-state index in [1.165, 1.54) is 11.1 Å². The van der Waals surface area contributed by atoms with Gasteiger partial charge in [-0.05, 0) is 42.3 Å². The first-order chi connectivity index (χ1) is 14.1. The van der Waals surface area contributed by atoms with Gasteiger partial charge in [-0.3, -0.25) is 9.80 Å². The minimum atomic E-state index is -0.570. The lowest BCUT2D eigenvalue weighted by molar-refractivity contribution is 0.0255. The van der Waals surface area contributed by atoms with Gasteiger partial charge < -0.3 is 14.6 Å². The highest BCUT2D eigenvalue weighted by molar-refractivity contribution is 6.30. The van der Waals surface area contributed by atoms with Crippen molar-refractivity contribution in [1.29, 1.82) is 0 Å².